The smallest absolute Gasteiger partial charge is 0.180 e. The Kier molecular flexibility index (Phi) is 7.95. The summed E-state index contributed by atoms with van der Waals surface area (Å²) in [6.45, 7) is 10.7. The molecule has 2 aromatic rings. The molecule has 2 saturated heterocycles. The maximum atomic E-state index is 9.07. The molecular formula is C25H39N7O2. The Morgan fingerprint density at radius 3 is 2.47 bits per heavy atom. The predicted molar refractivity (Wildman–Crippen MR) is 133 cm³/mol. The molecule has 2 aromatic heterocycles. The van der Waals surface area contributed by atoms with Gasteiger partial charge in [0.15, 0.2) is 11.5 Å². The second-order valence-corrected chi connectivity index (χ2v) is 9.66. The average molecular weight is 470 g/mol. The van der Waals surface area contributed by atoms with Gasteiger partial charge in [-0.3, -0.25) is 14.2 Å². The largest absolute Gasteiger partial charge is 0.395 e. The van der Waals surface area contributed by atoms with E-state index in [1.54, 1.807) is 0 Å². The third-order valence-electron chi connectivity index (χ3n) is 7.55. The summed E-state index contributed by atoms with van der Waals surface area (Å²) in [5.41, 5.74) is 3.83. The van der Waals surface area contributed by atoms with Crippen LogP contribution >= 0.6 is 0 Å². The first-order valence-corrected chi connectivity index (χ1v) is 12.9. The van der Waals surface area contributed by atoms with E-state index < -0.39 is 0 Å². The van der Waals surface area contributed by atoms with Crippen LogP contribution in [0.2, 0.25) is 0 Å². The van der Waals surface area contributed by atoms with Gasteiger partial charge in [0, 0.05) is 89.1 Å². The lowest BCUT2D eigenvalue weighted by Gasteiger charge is -2.34. The van der Waals surface area contributed by atoms with Gasteiger partial charge >= 0.3 is 0 Å². The zero-order valence-electron chi connectivity index (χ0n) is 20.2. The van der Waals surface area contributed by atoms with Crippen LogP contribution in [0.3, 0.4) is 0 Å². The minimum atomic E-state index is 0.264. The number of aliphatic hydroxyl groups excluding tert-OH is 1. The number of anilines is 1. The number of fused-ring (bicyclic) bond motifs is 1. The number of aromatic nitrogens is 3. The van der Waals surface area contributed by atoms with Crippen LogP contribution in [0.5, 0.6) is 0 Å². The van der Waals surface area contributed by atoms with E-state index in [9.17, 15) is 0 Å². The number of hydrogen-bond donors (Lipinski definition) is 2. The minimum absolute atomic E-state index is 0.264. The normalized spacial score (nSPS) is 22.9. The van der Waals surface area contributed by atoms with E-state index in [1.165, 1.54) is 24.1 Å². The Balaban J connectivity index is 1.10. The number of nitrogens with one attached hydrogen (secondary N) is 1. The molecule has 4 heterocycles. The first kappa shape index (κ1) is 23.5. The first-order chi connectivity index (χ1) is 16.8. The molecule has 9 heteroatoms. The highest BCUT2D eigenvalue weighted by atomic mass is 16.5. The lowest BCUT2D eigenvalue weighted by molar-refractivity contribution is 0.114. The van der Waals surface area contributed by atoms with Crippen molar-refractivity contribution in [3.05, 3.63) is 36.1 Å². The van der Waals surface area contributed by atoms with Gasteiger partial charge in [0.2, 0.25) is 0 Å². The van der Waals surface area contributed by atoms with E-state index in [2.05, 4.69) is 48.0 Å². The van der Waals surface area contributed by atoms with Crippen LogP contribution in [0, 0.1) is 0 Å². The molecule has 186 valence electrons. The number of nitrogens with zero attached hydrogens (tertiary/aromatic N) is 6. The molecule has 0 bridgehead atoms. The molecule has 1 saturated carbocycles. The molecular weight excluding hydrogens is 430 g/mol. The van der Waals surface area contributed by atoms with Gasteiger partial charge < -0.3 is 20.1 Å². The van der Waals surface area contributed by atoms with Gasteiger partial charge in [-0.1, -0.05) is 5.57 Å². The Bertz CT molecular complexity index is 938. The van der Waals surface area contributed by atoms with Crippen molar-refractivity contribution in [1.82, 2.24) is 29.5 Å². The number of hydrogen-bond acceptors (Lipinski definition) is 8. The molecule has 3 aliphatic rings. The minimum Gasteiger partial charge on any atom is -0.395 e. The second-order valence-electron chi connectivity index (χ2n) is 9.66. The predicted octanol–water partition coefficient (Wildman–Crippen LogP) is 1.31. The molecule has 0 spiro atoms. The van der Waals surface area contributed by atoms with Gasteiger partial charge in [-0.2, -0.15) is 0 Å². The second kappa shape index (κ2) is 11.5. The van der Waals surface area contributed by atoms with Gasteiger partial charge in [-0.05, 0) is 31.9 Å². The standard InChI is InChI=1S/C25H39N7O2/c33-16-13-30-11-9-29(10-12-30)7-5-26-19-21-1-3-22(4-2-21)23-20-28-25-24(27-6-8-32(23)25)31-14-17-34-18-15-31/h6,8,19-20,22,26,33H,1-5,7,9-18H2. The quantitative estimate of drug-likeness (QED) is 0.560. The third kappa shape index (κ3) is 5.54. The van der Waals surface area contributed by atoms with E-state index >= 15 is 0 Å². The summed E-state index contributed by atoms with van der Waals surface area (Å²) in [6, 6.07) is 0. The van der Waals surface area contributed by atoms with Crippen molar-refractivity contribution in [2.24, 2.45) is 0 Å². The van der Waals surface area contributed by atoms with Crippen molar-refractivity contribution in [3.8, 4) is 0 Å². The summed E-state index contributed by atoms with van der Waals surface area (Å²) >= 11 is 0. The molecule has 0 atom stereocenters. The van der Waals surface area contributed by atoms with E-state index in [0.29, 0.717) is 5.92 Å². The molecule has 0 unspecified atom stereocenters. The maximum Gasteiger partial charge on any atom is 0.180 e. The molecule has 3 fully saturated rings. The molecule has 5 rings (SSSR count). The number of rotatable bonds is 8. The summed E-state index contributed by atoms with van der Waals surface area (Å²) in [4.78, 5) is 16.6. The Morgan fingerprint density at radius 2 is 1.74 bits per heavy atom. The Hall–Kier alpha value is -2.20. The van der Waals surface area contributed by atoms with Crippen LogP contribution in [-0.4, -0.2) is 108 Å². The number of allylic oxidation sites excluding steroid dienone is 1. The van der Waals surface area contributed by atoms with Crippen molar-refractivity contribution >= 4 is 11.5 Å². The van der Waals surface area contributed by atoms with Crippen LogP contribution in [-0.2, 0) is 4.74 Å². The lowest BCUT2D eigenvalue weighted by Crippen LogP contribution is -2.48. The first-order valence-electron chi connectivity index (χ1n) is 12.9. The molecule has 1 aliphatic carbocycles. The number of β-amino-alcohol motifs (C(OH)–C–C–N with tert-alkyl or cyclic N) is 1. The number of morpholine rings is 1. The fourth-order valence-electron chi connectivity index (χ4n) is 5.47. The molecule has 34 heavy (non-hydrogen) atoms. The molecule has 2 aliphatic heterocycles. The van der Waals surface area contributed by atoms with E-state index in [-0.39, 0.29) is 6.61 Å². The van der Waals surface area contributed by atoms with Crippen molar-refractivity contribution in [2.75, 3.05) is 83.6 Å². The van der Waals surface area contributed by atoms with Gasteiger partial charge in [-0.25, -0.2) is 9.97 Å². The topological polar surface area (TPSA) is 81.4 Å². The molecule has 9 nitrogen and oxygen atoms in total. The zero-order valence-corrected chi connectivity index (χ0v) is 20.2. The number of ether oxygens (including phenoxy) is 1. The highest BCUT2D eigenvalue weighted by molar-refractivity contribution is 5.65. The molecule has 0 radical (unpaired) electrons. The summed E-state index contributed by atoms with van der Waals surface area (Å²) in [5.74, 6) is 1.52. The number of imidazole rings is 1. The van der Waals surface area contributed by atoms with Crippen LogP contribution in [0.1, 0.15) is 37.3 Å². The van der Waals surface area contributed by atoms with E-state index in [4.69, 9.17) is 14.8 Å². The van der Waals surface area contributed by atoms with Crippen LogP contribution in [0.4, 0.5) is 5.82 Å². The maximum absolute atomic E-state index is 9.07. The third-order valence-corrected chi connectivity index (χ3v) is 7.55. The Labute approximate surface area is 202 Å². The summed E-state index contributed by atoms with van der Waals surface area (Å²) in [5, 5.41) is 12.6. The van der Waals surface area contributed by atoms with Gasteiger partial charge in [-0.15, -0.1) is 0 Å². The summed E-state index contributed by atoms with van der Waals surface area (Å²) in [6.07, 6.45) is 12.9. The van der Waals surface area contributed by atoms with Crippen molar-refractivity contribution < 1.29 is 9.84 Å². The molecule has 0 aromatic carbocycles. The van der Waals surface area contributed by atoms with Gasteiger partial charge in [0.25, 0.3) is 0 Å². The van der Waals surface area contributed by atoms with Crippen molar-refractivity contribution in [2.45, 2.75) is 31.6 Å². The van der Waals surface area contributed by atoms with E-state index in [1.807, 2.05) is 6.20 Å². The molecule has 2 N–H and O–H groups in total. The van der Waals surface area contributed by atoms with Crippen LogP contribution < -0.4 is 10.2 Å². The fourth-order valence-corrected chi connectivity index (χ4v) is 5.47. The summed E-state index contributed by atoms with van der Waals surface area (Å²) < 4.78 is 7.76. The van der Waals surface area contributed by atoms with Crippen LogP contribution in [0.25, 0.3) is 5.65 Å². The number of piperazine rings is 1. The lowest BCUT2D eigenvalue weighted by atomic mass is 9.84. The van der Waals surface area contributed by atoms with E-state index in [0.717, 1.165) is 96.4 Å². The average Bonchev–Trinajstić information content (AvgIpc) is 3.33. The SMILES string of the molecule is OCCN1CCN(CCNC=C2CCC(c3cnc4c(N5CCOCC5)nccn34)CC2)CC1. The van der Waals surface area contributed by atoms with Gasteiger partial charge in [0.1, 0.15) is 0 Å². The zero-order chi connectivity index (χ0) is 23.2. The fraction of sp³-hybridized carbons (Fsp3) is 0.680. The monoisotopic (exact) mass is 469 g/mol. The van der Waals surface area contributed by atoms with Crippen molar-refractivity contribution in [3.63, 3.8) is 0 Å². The number of aliphatic hydroxyl groups is 1. The highest BCUT2D eigenvalue weighted by Gasteiger charge is 2.24. The van der Waals surface area contributed by atoms with Crippen molar-refractivity contribution in [1.29, 1.82) is 0 Å². The molecule has 0 amide bonds. The summed E-state index contributed by atoms with van der Waals surface area (Å²) in [7, 11) is 0. The Morgan fingerprint density at radius 1 is 1.00 bits per heavy atom. The van der Waals surface area contributed by atoms with Crippen LogP contribution in [0.15, 0.2) is 30.4 Å². The highest BCUT2D eigenvalue weighted by Crippen LogP contribution is 2.36. The van der Waals surface area contributed by atoms with Gasteiger partial charge in [0.05, 0.1) is 19.8 Å².